The highest BCUT2D eigenvalue weighted by Crippen LogP contribution is 2.11. The summed E-state index contributed by atoms with van der Waals surface area (Å²) in [6, 6.07) is 4.47. The van der Waals surface area contributed by atoms with Gasteiger partial charge in [-0.25, -0.2) is 9.59 Å². The van der Waals surface area contributed by atoms with E-state index in [4.69, 9.17) is 0 Å². The molecular weight excluding hydrogens is 424 g/mol. The van der Waals surface area contributed by atoms with Crippen LogP contribution in [-0.2, 0) is 16.1 Å². The van der Waals surface area contributed by atoms with Crippen molar-refractivity contribution in [1.82, 2.24) is 19.8 Å². The molecule has 1 saturated heterocycles. The fourth-order valence-electron chi connectivity index (χ4n) is 4.24. The van der Waals surface area contributed by atoms with Crippen molar-refractivity contribution in [3.05, 3.63) is 44.6 Å². The molecule has 1 aliphatic heterocycles. The maximum Gasteiger partial charge on any atom is 0.337 e. The Hall–Kier alpha value is -2.94. The molecule has 9 heteroatoms. The number of fused-ring (bicyclic) bond motifs is 1. The summed E-state index contributed by atoms with van der Waals surface area (Å²) in [7, 11) is 1.27. The first kappa shape index (κ1) is 24.7. The number of esters is 1. The molecule has 0 radical (unpaired) electrons. The topological polar surface area (TPSA) is 114 Å². The molecule has 0 aliphatic carbocycles. The van der Waals surface area contributed by atoms with Crippen LogP contribution in [0.1, 0.15) is 61.7 Å². The minimum Gasteiger partial charge on any atom is -0.465 e. The van der Waals surface area contributed by atoms with E-state index in [9.17, 15) is 19.2 Å². The van der Waals surface area contributed by atoms with Gasteiger partial charge in [0.1, 0.15) is 0 Å². The molecule has 1 aromatic carbocycles. The number of benzene rings is 1. The molecule has 1 fully saturated rings. The smallest absolute Gasteiger partial charge is 0.337 e. The van der Waals surface area contributed by atoms with Gasteiger partial charge >= 0.3 is 11.7 Å². The van der Waals surface area contributed by atoms with E-state index in [1.54, 1.807) is 0 Å². The van der Waals surface area contributed by atoms with Crippen molar-refractivity contribution in [3.63, 3.8) is 0 Å². The number of aromatic amines is 1. The summed E-state index contributed by atoms with van der Waals surface area (Å²) in [6.45, 7) is 4.37. The number of H-pyrrole nitrogens is 1. The van der Waals surface area contributed by atoms with E-state index in [0.717, 1.165) is 19.4 Å². The average molecular weight is 459 g/mol. The molecule has 2 heterocycles. The first-order valence-corrected chi connectivity index (χ1v) is 11.8. The Morgan fingerprint density at radius 3 is 2.58 bits per heavy atom. The predicted octanol–water partition coefficient (Wildman–Crippen LogP) is 2.03. The lowest BCUT2D eigenvalue weighted by Crippen LogP contribution is -2.35. The Kier molecular flexibility index (Phi) is 9.24. The number of likely N-dealkylation sites (tertiary alicyclic amines) is 1. The fourth-order valence-corrected chi connectivity index (χ4v) is 4.24. The number of carbonyl (C=O) groups is 2. The van der Waals surface area contributed by atoms with Gasteiger partial charge in [-0.05, 0) is 69.9 Å². The lowest BCUT2D eigenvalue weighted by molar-refractivity contribution is -0.121. The number of ether oxygens (including phenoxy) is 1. The Balaban J connectivity index is 1.39. The van der Waals surface area contributed by atoms with E-state index in [1.807, 2.05) is 0 Å². The van der Waals surface area contributed by atoms with Crippen LogP contribution in [0.2, 0.25) is 0 Å². The number of hydrogen-bond donors (Lipinski definition) is 2. The van der Waals surface area contributed by atoms with Crippen LogP contribution in [0.5, 0.6) is 0 Å². The van der Waals surface area contributed by atoms with E-state index in [2.05, 4.69) is 19.9 Å². The summed E-state index contributed by atoms with van der Waals surface area (Å²) >= 11 is 0. The SMILES string of the molecule is COC(=O)c1ccc2c(=O)n(CCCCCC(=O)NCCCN3CCCCC3)c(=O)[nH]c2c1. The van der Waals surface area contributed by atoms with Crippen LogP contribution in [0, 0.1) is 0 Å². The second-order valence-corrected chi connectivity index (χ2v) is 8.56. The molecule has 0 unspecified atom stereocenters. The Labute approximate surface area is 193 Å². The molecule has 0 saturated carbocycles. The zero-order valence-corrected chi connectivity index (χ0v) is 19.4. The zero-order chi connectivity index (χ0) is 23.6. The standard InChI is InChI=1S/C24H34N4O5/c1-33-23(31)18-10-11-19-20(17-18)26-24(32)28(22(19)30)16-7-2-4-9-21(29)25-12-8-15-27-13-5-3-6-14-27/h10-11,17H,2-9,12-16H2,1H3,(H,25,29)(H,26,32). The molecule has 1 aliphatic rings. The van der Waals surface area contributed by atoms with Gasteiger partial charge in [0, 0.05) is 19.5 Å². The highest BCUT2D eigenvalue weighted by molar-refractivity contribution is 5.93. The molecule has 0 atom stereocenters. The molecule has 2 N–H and O–H groups in total. The number of methoxy groups -OCH3 is 1. The van der Waals surface area contributed by atoms with Gasteiger partial charge in [-0.1, -0.05) is 12.8 Å². The van der Waals surface area contributed by atoms with Crippen molar-refractivity contribution >= 4 is 22.8 Å². The maximum absolute atomic E-state index is 12.7. The summed E-state index contributed by atoms with van der Waals surface area (Å²) in [6.07, 6.45) is 7.38. The predicted molar refractivity (Wildman–Crippen MR) is 127 cm³/mol. The highest BCUT2D eigenvalue weighted by atomic mass is 16.5. The van der Waals surface area contributed by atoms with Crippen LogP contribution in [0.4, 0.5) is 0 Å². The van der Waals surface area contributed by atoms with Gasteiger partial charge in [0.25, 0.3) is 5.56 Å². The van der Waals surface area contributed by atoms with Gasteiger partial charge in [0.15, 0.2) is 0 Å². The largest absolute Gasteiger partial charge is 0.465 e. The van der Waals surface area contributed by atoms with Gasteiger partial charge in [0.2, 0.25) is 5.91 Å². The van der Waals surface area contributed by atoms with Gasteiger partial charge in [-0.15, -0.1) is 0 Å². The summed E-state index contributed by atoms with van der Waals surface area (Å²) in [5.74, 6) is -0.483. The second-order valence-electron chi connectivity index (χ2n) is 8.56. The van der Waals surface area contributed by atoms with Gasteiger partial charge in [0.05, 0.1) is 23.6 Å². The minimum absolute atomic E-state index is 0.0516. The van der Waals surface area contributed by atoms with Gasteiger partial charge < -0.3 is 19.9 Å². The molecule has 0 bridgehead atoms. The molecule has 1 aromatic heterocycles. The first-order chi connectivity index (χ1) is 16.0. The van der Waals surface area contributed by atoms with Crippen LogP contribution in [-0.4, -0.2) is 59.6 Å². The summed E-state index contributed by atoms with van der Waals surface area (Å²) in [4.78, 5) is 53.8. The van der Waals surface area contributed by atoms with Crippen molar-refractivity contribution in [3.8, 4) is 0 Å². The highest BCUT2D eigenvalue weighted by Gasteiger charge is 2.12. The number of piperidine rings is 1. The van der Waals surface area contributed by atoms with E-state index < -0.39 is 17.2 Å². The third kappa shape index (κ3) is 7.02. The monoisotopic (exact) mass is 458 g/mol. The third-order valence-electron chi connectivity index (χ3n) is 6.11. The molecular formula is C24H34N4O5. The van der Waals surface area contributed by atoms with Crippen LogP contribution < -0.4 is 16.6 Å². The Bertz CT molecular complexity index is 1070. The molecule has 180 valence electrons. The Morgan fingerprint density at radius 1 is 1.03 bits per heavy atom. The molecule has 9 nitrogen and oxygen atoms in total. The van der Waals surface area contributed by atoms with Crippen molar-refractivity contribution < 1.29 is 14.3 Å². The molecule has 3 rings (SSSR count). The first-order valence-electron chi connectivity index (χ1n) is 11.8. The van der Waals surface area contributed by atoms with E-state index in [-0.39, 0.29) is 18.0 Å². The lowest BCUT2D eigenvalue weighted by Gasteiger charge is -2.26. The lowest BCUT2D eigenvalue weighted by atomic mass is 10.1. The number of aromatic nitrogens is 2. The number of nitrogens with zero attached hydrogens (tertiary/aromatic N) is 2. The second kappa shape index (κ2) is 12.3. The molecule has 33 heavy (non-hydrogen) atoms. The van der Waals surface area contributed by atoms with Crippen molar-refractivity contribution in [2.24, 2.45) is 0 Å². The average Bonchev–Trinajstić information content (AvgIpc) is 2.83. The van der Waals surface area contributed by atoms with Crippen molar-refractivity contribution in [2.75, 3.05) is 33.3 Å². The number of hydrogen-bond acceptors (Lipinski definition) is 6. The van der Waals surface area contributed by atoms with Crippen LogP contribution in [0.15, 0.2) is 27.8 Å². The van der Waals surface area contributed by atoms with Gasteiger partial charge in [-0.2, -0.15) is 0 Å². The summed E-state index contributed by atoms with van der Waals surface area (Å²) in [5, 5.41) is 3.32. The number of rotatable bonds is 11. The molecule has 2 aromatic rings. The third-order valence-corrected chi connectivity index (χ3v) is 6.11. The normalized spacial score (nSPS) is 14.3. The molecule has 0 spiro atoms. The quantitative estimate of drug-likeness (QED) is 0.393. The van der Waals surface area contributed by atoms with Crippen LogP contribution >= 0.6 is 0 Å². The minimum atomic E-state index is -0.534. The molecule has 1 amide bonds. The fraction of sp³-hybridized carbons (Fsp3) is 0.583. The van der Waals surface area contributed by atoms with Crippen LogP contribution in [0.25, 0.3) is 10.9 Å². The number of carbonyl (C=O) groups excluding carboxylic acids is 2. The Morgan fingerprint density at radius 2 is 1.82 bits per heavy atom. The van der Waals surface area contributed by atoms with E-state index in [1.165, 1.54) is 62.2 Å². The zero-order valence-electron chi connectivity index (χ0n) is 19.4. The maximum atomic E-state index is 12.7. The van der Waals surface area contributed by atoms with Gasteiger partial charge in [-0.3, -0.25) is 14.2 Å². The number of amides is 1. The summed E-state index contributed by atoms with van der Waals surface area (Å²) < 4.78 is 5.84. The summed E-state index contributed by atoms with van der Waals surface area (Å²) in [5.41, 5.74) is -0.332. The number of nitrogens with one attached hydrogen (secondary N) is 2. The van der Waals surface area contributed by atoms with E-state index in [0.29, 0.717) is 36.7 Å². The van der Waals surface area contributed by atoms with Crippen LogP contribution in [0.3, 0.4) is 0 Å². The van der Waals surface area contributed by atoms with Crippen molar-refractivity contribution in [2.45, 2.75) is 57.9 Å². The number of unbranched alkanes of at least 4 members (excludes halogenated alkanes) is 2. The van der Waals surface area contributed by atoms with E-state index >= 15 is 0 Å². The van der Waals surface area contributed by atoms with Crippen molar-refractivity contribution in [1.29, 1.82) is 0 Å².